The van der Waals surface area contributed by atoms with Crippen molar-refractivity contribution < 1.29 is 17.9 Å². The lowest BCUT2D eigenvalue weighted by atomic mass is 10.00. The van der Waals surface area contributed by atoms with Crippen molar-refractivity contribution in [2.24, 2.45) is 0 Å². The van der Waals surface area contributed by atoms with E-state index < -0.39 is 23.1 Å². The molecule has 9 heteroatoms. The molecular formula is C24H20F3N5O. The van der Waals surface area contributed by atoms with Crippen molar-refractivity contribution in [3.63, 3.8) is 0 Å². The van der Waals surface area contributed by atoms with E-state index >= 15 is 8.78 Å². The van der Waals surface area contributed by atoms with E-state index in [9.17, 15) is 4.39 Å². The summed E-state index contributed by atoms with van der Waals surface area (Å²) < 4.78 is 49.5. The maximum Gasteiger partial charge on any atom is 0.331 e. The second kappa shape index (κ2) is 8.32. The van der Waals surface area contributed by atoms with Gasteiger partial charge in [-0.25, -0.2) is 14.4 Å². The van der Waals surface area contributed by atoms with E-state index in [4.69, 9.17) is 4.74 Å². The highest BCUT2D eigenvalue weighted by molar-refractivity contribution is 5.92. The topological polar surface area (TPSA) is 75.7 Å². The SMILES string of the molecule is Cc1cc(Nc2nc(C(F)(F)c3ccc(F)cc3)nc3cc(C4=CCOCC4)ccc23)n[nH]1. The number of anilines is 2. The molecule has 33 heavy (non-hydrogen) atoms. The van der Waals surface area contributed by atoms with Crippen molar-refractivity contribution >= 4 is 28.1 Å². The Kier molecular flexibility index (Phi) is 5.33. The number of hydrogen-bond acceptors (Lipinski definition) is 5. The number of H-pyrrole nitrogens is 1. The van der Waals surface area contributed by atoms with Crippen LogP contribution in [0.15, 0.2) is 54.6 Å². The summed E-state index contributed by atoms with van der Waals surface area (Å²) >= 11 is 0. The van der Waals surface area contributed by atoms with Gasteiger partial charge in [-0.3, -0.25) is 5.10 Å². The monoisotopic (exact) mass is 451 g/mol. The molecular weight excluding hydrogens is 431 g/mol. The van der Waals surface area contributed by atoms with Crippen molar-refractivity contribution in [1.82, 2.24) is 20.2 Å². The quantitative estimate of drug-likeness (QED) is 0.420. The molecule has 1 aliphatic rings. The van der Waals surface area contributed by atoms with Crippen LogP contribution in [0, 0.1) is 12.7 Å². The largest absolute Gasteiger partial charge is 0.377 e. The fourth-order valence-corrected chi connectivity index (χ4v) is 3.75. The summed E-state index contributed by atoms with van der Waals surface area (Å²) in [6.07, 6.45) is 2.71. The molecule has 3 heterocycles. The van der Waals surface area contributed by atoms with Crippen molar-refractivity contribution in [3.05, 3.63) is 83.1 Å². The number of rotatable bonds is 5. The van der Waals surface area contributed by atoms with Gasteiger partial charge >= 0.3 is 5.92 Å². The number of aryl methyl sites for hydroxylation is 1. The summed E-state index contributed by atoms with van der Waals surface area (Å²) in [6, 6.07) is 11.3. The van der Waals surface area contributed by atoms with Gasteiger partial charge in [-0.15, -0.1) is 0 Å². The van der Waals surface area contributed by atoms with Crippen molar-refractivity contribution in [2.45, 2.75) is 19.3 Å². The molecule has 1 aliphatic heterocycles. The second-order valence-corrected chi connectivity index (χ2v) is 7.82. The molecule has 2 N–H and O–H groups in total. The first kappa shape index (κ1) is 21.1. The van der Waals surface area contributed by atoms with Crippen LogP contribution >= 0.6 is 0 Å². The second-order valence-electron chi connectivity index (χ2n) is 7.82. The Bertz CT molecular complexity index is 1350. The molecule has 6 nitrogen and oxygen atoms in total. The zero-order valence-corrected chi connectivity index (χ0v) is 17.7. The zero-order valence-electron chi connectivity index (χ0n) is 17.7. The molecule has 2 aromatic carbocycles. The summed E-state index contributed by atoms with van der Waals surface area (Å²) in [5, 5.41) is 10.5. The van der Waals surface area contributed by atoms with Crippen molar-refractivity contribution in [1.29, 1.82) is 0 Å². The minimum atomic E-state index is -3.53. The van der Waals surface area contributed by atoms with Crippen LogP contribution in [0.1, 0.15) is 29.1 Å². The van der Waals surface area contributed by atoms with Gasteiger partial charge in [-0.1, -0.05) is 12.1 Å². The van der Waals surface area contributed by atoms with E-state index in [1.807, 2.05) is 25.1 Å². The normalized spacial score (nSPS) is 14.4. The average Bonchev–Trinajstić information content (AvgIpc) is 3.24. The van der Waals surface area contributed by atoms with Gasteiger partial charge in [0.25, 0.3) is 0 Å². The standard InChI is InChI=1S/C24H20F3N5O/c1-14-12-21(32-31-14)29-22-19-7-2-16(15-8-10-33-11-9-15)13-20(19)28-23(30-22)24(26,27)17-3-5-18(25)6-4-17/h2-8,12-13H,9-11H2,1H3,(H2,28,29,30,31,32). The molecule has 0 radical (unpaired) electrons. The number of halogens is 3. The number of hydrogen-bond donors (Lipinski definition) is 2. The van der Waals surface area contributed by atoms with Crippen molar-refractivity contribution in [2.75, 3.05) is 18.5 Å². The molecule has 0 saturated heterocycles. The number of aromatic nitrogens is 4. The summed E-state index contributed by atoms with van der Waals surface area (Å²) in [7, 11) is 0. The first-order valence-electron chi connectivity index (χ1n) is 10.4. The molecule has 5 rings (SSSR count). The highest BCUT2D eigenvalue weighted by atomic mass is 19.3. The van der Waals surface area contributed by atoms with Gasteiger partial charge in [-0.2, -0.15) is 13.9 Å². The van der Waals surface area contributed by atoms with E-state index in [-0.39, 0.29) is 5.82 Å². The minimum absolute atomic E-state index is 0.204. The van der Waals surface area contributed by atoms with Crippen LogP contribution in [-0.2, 0) is 10.7 Å². The summed E-state index contributed by atoms with van der Waals surface area (Å²) in [6.45, 7) is 2.95. The predicted octanol–water partition coefficient (Wildman–Crippen LogP) is 5.49. The van der Waals surface area contributed by atoms with E-state index in [1.165, 1.54) is 0 Å². The molecule has 0 unspecified atom stereocenters. The predicted molar refractivity (Wildman–Crippen MR) is 119 cm³/mol. The van der Waals surface area contributed by atoms with Crippen LogP contribution in [0.25, 0.3) is 16.5 Å². The van der Waals surface area contributed by atoms with E-state index in [0.29, 0.717) is 29.9 Å². The molecule has 0 aliphatic carbocycles. The fraction of sp³-hybridized carbons (Fsp3) is 0.208. The van der Waals surface area contributed by atoms with Crippen LogP contribution < -0.4 is 5.32 Å². The third-order valence-electron chi connectivity index (χ3n) is 5.47. The lowest BCUT2D eigenvalue weighted by Gasteiger charge is -2.18. The van der Waals surface area contributed by atoms with Gasteiger partial charge in [-0.05, 0) is 60.9 Å². The zero-order chi connectivity index (χ0) is 23.0. The number of nitrogens with one attached hydrogen (secondary N) is 2. The molecule has 168 valence electrons. The number of nitrogens with zero attached hydrogens (tertiary/aromatic N) is 3. The Balaban J connectivity index is 1.65. The van der Waals surface area contributed by atoms with E-state index in [2.05, 4.69) is 25.5 Å². The highest BCUT2D eigenvalue weighted by Crippen LogP contribution is 2.37. The Hall–Kier alpha value is -3.72. The number of aromatic amines is 1. The van der Waals surface area contributed by atoms with Crippen LogP contribution in [0.5, 0.6) is 0 Å². The Labute approximate surface area is 187 Å². The highest BCUT2D eigenvalue weighted by Gasteiger charge is 2.38. The third kappa shape index (κ3) is 4.19. The first-order chi connectivity index (χ1) is 15.9. The van der Waals surface area contributed by atoms with Crippen LogP contribution in [0.2, 0.25) is 0 Å². The molecule has 2 aromatic heterocycles. The summed E-state index contributed by atoms with van der Waals surface area (Å²) in [5.74, 6) is -4.17. The van der Waals surface area contributed by atoms with Gasteiger partial charge in [0.2, 0.25) is 5.82 Å². The fourth-order valence-electron chi connectivity index (χ4n) is 3.75. The Morgan fingerprint density at radius 3 is 2.58 bits per heavy atom. The van der Waals surface area contributed by atoms with Gasteiger partial charge in [0.1, 0.15) is 11.6 Å². The molecule has 0 spiro atoms. The van der Waals surface area contributed by atoms with Gasteiger partial charge in [0.15, 0.2) is 5.82 Å². The molecule has 4 aromatic rings. The van der Waals surface area contributed by atoms with Gasteiger partial charge in [0.05, 0.1) is 18.7 Å². The smallest absolute Gasteiger partial charge is 0.331 e. The van der Waals surface area contributed by atoms with Crippen molar-refractivity contribution in [3.8, 4) is 0 Å². The molecule has 0 bridgehead atoms. The van der Waals surface area contributed by atoms with E-state index in [1.54, 1.807) is 12.1 Å². The molecule has 0 fully saturated rings. The number of fused-ring (bicyclic) bond motifs is 1. The molecule has 0 saturated carbocycles. The Morgan fingerprint density at radius 2 is 1.88 bits per heavy atom. The first-order valence-corrected chi connectivity index (χ1v) is 10.4. The van der Waals surface area contributed by atoms with Gasteiger partial charge in [0, 0.05) is 22.7 Å². The minimum Gasteiger partial charge on any atom is -0.377 e. The maximum absolute atomic E-state index is 15.4. The lowest BCUT2D eigenvalue weighted by Crippen LogP contribution is -2.20. The van der Waals surface area contributed by atoms with E-state index in [0.717, 1.165) is 47.5 Å². The van der Waals surface area contributed by atoms with Crippen LogP contribution in [-0.4, -0.2) is 33.4 Å². The Morgan fingerprint density at radius 1 is 1.06 bits per heavy atom. The lowest BCUT2D eigenvalue weighted by molar-refractivity contribution is 0.0333. The number of ether oxygens (including phenoxy) is 1. The molecule has 0 atom stereocenters. The molecule has 0 amide bonds. The van der Waals surface area contributed by atoms with Gasteiger partial charge < -0.3 is 10.1 Å². The summed E-state index contributed by atoms with van der Waals surface area (Å²) in [5.41, 5.74) is 2.74. The average molecular weight is 451 g/mol. The third-order valence-corrected chi connectivity index (χ3v) is 5.47. The number of alkyl halides is 2. The van der Waals surface area contributed by atoms with Crippen LogP contribution in [0.3, 0.4) is 0 Å². The van der Waals surface area contributed by atoms with Crippen LogP contribution in [0.4, 0.5) is 24.8 Å². The number of benzene rings is 2. The maximum atomic E-state index is 15.4. The summed E-state index contributed by atoms with van der Waals surface area (Å²) in [4.78, 5) is 8.39.